The highest BCUT2D eigenvalue weighted by molar-refractivity contribution is 6.34. The molecule has 0 bridgehead atoms. The van der Waals surface area contributed by atoms with Crippen LogP contribution in [0, 0.1) is 6.92 Å². The van der Waals surface area contributed by atoms with Crippen LogP contribution in [0.4, 0.5) is 17.1 Å². The van der Waals surface area contributed by atoms with Crippen molar-refractivity contribution in [3.63, 3.8) is 0 Å². The minimum absolute atomic E-state index is 0.236. The molecule has 0 unspecified atom stereocenters. The smallest absolute Gasteiger partial charge is 0.337 e. The molecule has 2 aromatic carbocycles. The van der Waals surface area contributed by atoms with Gasteiger partial charge in [-0.3, -0.25) is 0 Å². The highest BCUT2D eigenvalue weighted by Crippen LogP contribution is 2.35. The van der Waals surface area contributed by atoms with Gasteiger partial charge in [0.05, 0.1) is 27.6 Å². The van der Waals surface area contributed by atoms with Crippen LogP contribution < -0.4 is 10.2 Å². The zero-order valence-electron chi connectivity index (χ0n) is 12.1. The third-order valence-electron chi connectivity index (χ3n) is 3.11. The van der Waals surface area contributed by atoms with E-state index < -0.39 is 5.97 Å². The lowest BCUT2D eigenvalue weighted by molar-refractivity contribution is 0.0698. The largest absolute Gasteiger partial charge is 0.478 e. The first-order valence-corrected chi connectivity index (χ1v) is 6.84. The number of nitrogens with one attached hydrogen (secondary N) is 1. The molecule has 0 aliphatic rings. The Hall–Kier alpha value is -2.20. The molecule has 0 heterocycles. The molecule has 0 amide bonds. The van der Waals surface area contributed by atoms with Gasteiger partial charge >= 0.3 is 5.97 Å². The van der Waals surface area contributed by atoms with Crippen LogP contribution in [-0.4, -0.2) is 25.2 Å². The number of nitrogens with zero attached hydrogens (tertiary/aromatic N) is 1. The molecule has 0 saturated carbocycles. The second-order valence-corrected chi connectivity index (χ2v) is 5.42. The van der Waals surface area contributed by atoms with E-state index >= 15 is 0 Å². The van der Waals surface area contributed by atoms with Crippen molar-refractivity contribution >= 4 is 34.6 Å². The van der Waals surface area contributed by atoms with Crippen molar-refractivity contribution in [3.8, 4) is 0 Å². The predicted octanol–water partition coefficient (Wildman–Crippen LogP) is 4.16. The van der Waals surface area contributed by atoms with Gasteiger partial charge in [-0.2, -0.15) is 0 Å². The van der Waals surface area contributed by atoms with Crippen LogP contribution in [-0.2, 0) is 0 Å². The van der Waals surface area contributed by atoms with Gasteiger partial charge in [-0.15, -0.1) is 0 Å². The van der Waals surface area contributed by atoms with E-state index in [1.54, 1.807) is 18.2 Å². The Morgan fingerprint density at radius 2 is 1.90 bits per heavy atom. The predicted molar refractivity (Wildman–Crippen MR) is 87.2 cm³/mol. The molecule has 21 heavy (non-hydrogen) atoms. The van der Waals surface area contributed by atoms with Crippen molar-refractivity contribution in [2.24, 2.45) is 0 Å². The van der Waals surface area contributed by atoms with Gasteiger partial charge in [0.1, 0.15) is 0 Å². The second-order valence-electron chi connectivity index (χ2n) is 5.01. The van der Waals surface area contributed by atoms with E-state index in [0.29, 0.717) is 10.7 Å². The maximum Gasteiger partial charge on any atom is 0.337 e. The molecule has 0 radical (unpaired) electrons. The lowest BCUT2D eigenvalue weighted by atomic mass is 10.1. The van der Waals surface area contributed by atoms with Crippen molar-refractivity contribution < 1.29 is 9.90 Å². The molecule has 110 valence electrons. The number of benzene rings is 2. The average Bonchev–Trinajstić information content (AvgIpc) is 2.40. The molecule has 0 atom stereocenters. The summed E-state index contributed by atoms with van der Waals surface area (Å²) in [5, 5.41) is 13.1. The number of aromatic carboxylic acids is 1. The summed E-state index contributed by atoms with van der Waals surface area (Å²) in [6, 6.07) is 10.8. The van der Waals surface area contributed by atoms with Gasteiger partial charge in [0, 0.05) is 14.1 Å². The molecule has 2 aromatic rings. The third-order valence-corrected chi connectivity index (χ3v) is 3.41. The fraction of sp³-hybridized carbons (Fsp3) is 0.188. The lowest BCUT2D eigenvalue weighted by Gasteiger charge is -2.20. The first kappa shape index (κ1) is 15.2. The van der Waals surface area contributed by atoms with Gasteiger partial charge in [0.2, 0.25) is 0 Å². The fourth-order valence-corrected chi connectivity index (χ4v) is 2.50. The Bertz CT molecular complexity index is 684. The van der Waals surface area contributed by atoms with Crippen LogP contribution in [0.1, 0.15) is 15.9 Å². The lowest BCUT2D eigenvalue weighted by Crippen LogP contribution is -2.12. The highest BCUT2D eigenvalue weighted by Gasteiger charge is 2.14. The maximum atomic E-state index is 11.4. The summed E-state index contributed by atoms with van der Waals surface area (Å²) < 4.78 is 0. The van der Waals surface area contributed by atoms with E-state index in [2.05, 4.69) is 5.32 Å². The van der Waals surface area contributed by atoms with Gasteiger partial charge in [-0.1, -0.05) is 29.3 Å². The molecule has 0 fully saturated rings. The van der Waals surface area contributed by atoms with Crippen LogP contribution in [0.15, 0.2) is 36.4 Å². The Morgan fingerprint density at radius 1 is 1.19 bits per heavy atom. The van der Waals surface area contributed by atoms with Gasteiger partial charge in [0.15, 0.2) is 0 Å². The van der Waals surface area contributed by atoms with E-state index in [0.717, 1.165) is 16.9 Å². The monoisotopic (exact) mass is 304 g/mol. The Morgan fingerprint density at radius 3 is 2.52 bits per heavy atom. The maximum absolute atomic E-state index is 11.4. The van der Waals surface area contributed by atoms with E-state index in [4.69, 9.17) is 11.6 Å². The van der Waals surface area contributed by atoms with E-state index in [1.807, 2.05) is 44.1 Å². The Labute approximate surface area is 129 Å². The van der Waals surface area contributed by atoms with E-state index in [9.17, 15) is 9.90 Å². The number of carbonyl (C=O) groups is 1. The molecule has 0 aliphatic heterocycles. The number of rotatable bonds is 4. The van der Waals surface area contributed by atoms with Gasteiger partial charge < -0.3 is 15.3 Å². The van der Waals surface area contributed by atoms with E-state index in [1.165, 1.54) is 0 Å². The molecule has 0 spiro atoms. The van der Waals surface area contributed by atoms with Gasteiger partial charge in [-0.25, -0.2) is 4.79 Å². The number of carboxylic acid groups (broad SMARTS) is 1. The molecule has 0 aromatic heterocycles. The standard InChI is InChI=1S/C16H17ClN2O2/c1-10-7-8-13(11(9-10)16(20)21)18-14-6-4-5-12(17)15(14)19(2)3/h4-9,18H,1-3H3,(H,20,21). The summed E-state index contributed by atoms with van der Waals surface area (Å²) >= 11 is 6.22. The molecule has 4 nitrogen and oxygen atoms in total. The number of carboxylic acids is 1. The van der Waals surface area contributed by atoms with Crippen LogP contribution in [0.2, 0.25) is 5.02 Å². The third kappa shape index (κ3) is 3.28. The molecular formula is C16H17ClN2O2. The number of halogens is 1. The molecule has 0 saturated heterocycles. The summed E-state index contributed by atoms with van der Waals surface area (Å²) in [5.41, 5.74) is 3.25. The van der Waals surface area contributed by atoms with Crippen LogP contribution in [0.25, 0.3) is 0 Å². The second kappa shape index (κ2) is 6.06. The zero-order chi connectivity index (χ0) is 15.6. The summed E-state index contributed by atoms with van der Waals surface area (Å²) in [5.74, 6) is -0.963. The first-order chi connectivity index (χ1) is 9.90. The molecule has 2 rings (SSSR count). The van der Waals surface area contributed by atoms with Crippen LogP contribution in [0.5, 0.6) is 0 Å². The van der Waals surface area contributed by atoms with Gasteiger partial charge in [0.25, 0.3) is 0 Å². The van der Waals surface area contributed by atoms with Crippen molar-refractivity contribution in [1.82, 2.24) is 0 Å². The summed E-state index contributed by atoms with van der Waals surface area (Å²) in [7, 11) is 3.78. The normalized spacial score (nSPS) is 10.3. The van der Waals surface area contributed by atoms with Crippen molar-refractivity contribution in [2.75, 3.05) is 24.3 Å². The summed E-state index contributed by atoms with van der Waals surface area (Å²) in [4.78, 5) is 13.3. The Kier molecular flexibility index (Phi) is 4.38. The topological polar surface area (TPSA) is 52.6 Å². The summed E-state index contributed by atoms with van der Waals surface area (Å²) in [6.45, 7) is 1.86. The van der Waals surface area contributed by atoms with Crippen LogP contribution >= 0.6 is 11.6 Å². The Balaban J connectivity index is 2.49. The van der Waals surface area contributed by atoms with Crippen molar-refractivity contribution in [2.45, 2.75) is 6.92 Å². The number of para-hydroxylation sites is 1. The first-order valence-electron chi connectivity index (χ1n) is 6.47. The SMILES string of the molecule is Cc1ccc(Nc2cccc(Cl)c2N(C)C)c(C(=O)O)c1. The van der Waals surface area contributed by atoms with Gasteiger partial charge in [-0.05, 0) is 31.2 Å². The summed E-state index contributed by atoms with van der Waals surface area (Å²) in [6.07, 6.45) is 0. The number of hydrogen-bond donors (Lipinski definition) is 2. The average molecular weight is 305 g/mol. The molecular weight excluding hydrogens is 288 g/mol. The minimum Gasteiger partial charge on any atom is -0.478 e. The van der Waals surface area contributed by atoms with E-state index in [-0.39, 0.29) is 5.56 Å². The highest BCUT2D eigenvalue weighted by atomic mass is 35.5. The number of anilines is 3. The van der Waals surface area contributed by atoms with Crippen LogP contribution in [0.3, 0.4) is 0 Å². The number of hydrogen-bond acceptors (Lipinski definition) is 3. The van der Waals surface area contributed by atoms with Crippen molar-refractivity contribution in [3.05, 3.63) is 52.5 Å². The molecule has 5 heteroatoms. The minimum atomic E-state index is -0.963. The molecule has 0 aliphatic carbocycles. The number of aryl methyl sites for hydroxylation is 1. The molecule has 2 N–H and O–H groups in total. The fourth-order valence-electron chi connectivity index (χ4n) is 2.16. The van der Waals surface area contributed by atoms with Crippen molar-refractivity contribution in [1.29, 1.82) is 0 Å². The quantitative estimate of drug-likeness (QED) is 0.890. The zero-order valence-corrected chi connectivity index (χ0v) is 12.9.